The molecule has 7 nitrogen and oxygen atoms in total. The van der Waals surface area contributed by atoms with Crippen LogP contribution in [0.2, 0.25) is 0 Å². The molecule has 0 atom stereocenters. The van der Waals surface area contributed by atoms with Crippen molar-refractivity contribution in [2.24, 2.45) is 0 Å². The zero-order chi connectivity index (χ0) is 32.2. The molecule has 0 radical (unpaired) electrons. The van der Waals surface area contributed by atoms with Crippen molar-refractivity contribution in [2.45, 2.75) is 44.5 Å². The van der Waals surface area contributed by atoms with E-state index in [0.29, 0.717) is 12.1 Å². The van der Waals surface area contributed by atoms with Gasteiger partial charge in [0.1, 0.15) is 5.75 Å². The molecule has 2 aromatic carbocycles. The second kappa shape index (κ2) is 13.3. The van der Waals surface area contributed by atoms with Crippen LogP contribution in [0.5, 0.6) is 11.5 Å². The van der Waals surface area contributed by atoms with E-state index in [0.717, 1.165) is 36.5 Å². The molecule has 1 heterocycles. The van der Waals surface area contributed by atoms with Crippen molar-refractivity contribution in [1.29, 1.82) is 0 Å². The summed E-state index contributed by atoms with van der Waals surface area (Å²) in [5.74, 6) is -1.74. The minimum absolute atomic E-state index is 0.0124. The number of hydrogen-bond donors (Lipinski definition) is 1. The first-order valence-electron chi connectivity index (χ1n) is 12.0. The number of aliphatic carboxylic acids is 1. The van der Waals surface area contributed by atoms with Crippen LogP contribution in [0.15, 0.2) is 47.2 Å². The number of ether oxygens (including phenoxy) is 2. The lowest BCUT2D eigenvalue weighted by Gasteiger charge is -2.25. The third kappa shape index (κ3) is 9.36. The lowest BCUT2D eigenvalue weighted by molar-refractivity contribution is -0.143. The lowest BCUT2D eigenvalue weighted by atomic mass is 10.0. The predicted octanol–water partition coefficient (Wildman–Crippen LogP) is 7.75. The number of anilines is 1. The molecular formula is C26H21BrF9N3O4. The molecule has 0 spiro atoms. The van der Waals surface area contributed by atoms with Gasteiger partial charge in [0.05, 0.1) is 42.8 Å². The molecule has 0 saturated heterocycles. The normalized spacial score (nSPS) is 12.3. The number of halogens is 10. The predicted molar refractivity (Wildman–Crippen MR) is 136 cm³/mol. The Hall–Kier alpha value is -3.76. The highest BCUT2D eigenvalue weighted by Gasteiger charge is 2.38. The van der Waals surface area contributed by atoms with Crippen LogP contribution in [0.25, 0.3) is 0 Å². The van der Waals surface area contributed by atoms with Gasteiger partial charge < -0.3 is 19.5 Å². The second-order valence-corrected chi connectivity index (χ2v) is 9.83. The molecule has 0 aliphatic carbocycles. The maximum absolute atomic E-state index is 13.5. The fourth-order valence-corrected chi connectivity index (χ4v) is 4.27. The minimum atomic E-state index is -5.11. The SMILES string of the molecule is COc1cc(CN(Cc2cc(C(F)(F)F)cc(C(F)(F)F)c2)c2ncc(OCCCC(=O)O)cn2)c(Br)cc1C(F)(F)F. The molecule has 0 bridgehead atoms. The molecule has 1 aromatic heterocycles. The zero-order valence-electron chi connectivity index (χ0n) is 21.9. The summed E-state index contributed by atoms with van der Waals surface area (Å²) in [6, 6.07) is 2.76. The van der Waals surface area contributed by atoms with Gasteiger partial charge in [0.15, 0.2) is 5.75 Å². The molecule has 0 fully saturated rings. The van der Waals surface area contributed by atoms with E-state index in [1.807, 2.05) is 0 Å². The third-order valence-corrected chi connectivity index (χ3v) is 6.50. The summed E-state index contributed by atoms with van der Waals surface area (Å²) in [5.41, 5.74) is -4.55. The van der Waals surface area contributed by atoms with E-state index < -0.39 is 59.0 Å². The summed E-state index contributed by atoms with van der Waals surface area (Å²) in [6.45, 7) is -1.02. The lowest BCUT2D eigenvalue weighted by Crippen LogP contribution is -2.25. The maximum atomic E-state index is 13.5. The van der Waals surface area contributed by atoms with Gasteiger partial charge >= 0.3 is 24.5 Å². The van der Waals surface area contributed by atoms with E-state index in [2.05, 4.69) is 25.9 Å². The van der Waals surface area contributed by atoms with Gasteiger partial charge in [-0.25, -0.2) is 9.97 Å². The number of alkyl halides is 9. The van der Waals surface area contributed by atoms with E-state index >= 15 is 0 Å². The monoisotopic (exact) mass is 689 g/mol. The van der Waals surface area contributed by atoms with Crippen LogP contribution in [-0.4, -0.2) is 34.8 Å². The van der Waals surface area contributed by atoms with Crippen molar-refractivity contribution in [3.8, 4) is 11.5 Å². The van der Waals surface area contributed by atoms with Crippen LogP contribution in [0.1, 0.15) is 40.7 Å². The van der Waals surface area contributed by atoms with Gasteiger partial charge in [-0.1, -0.05) is 15.9 Å². The van der Waals surface area contributed by atoms with Gasteiger partial charge in [-0.3, -0.25) is 4.79 Å². The first-order valence-corrected chi connectivity index (χ1v) is 12.8. The van der Waals surface area contributed by atoms with Crippen LogP contribution < -0.4 is 14.4 Å². The van der Waals surface area contributed by atoms with Crippen molar-refractivity contribution < 1.29 is 58.9 Å². The van der Waals surface area contributed by atoms with Gasteiger partial charge in [0.2, 0.25) is 5.95 Å². The topological polar surface area (TPSA) is 84.8 Å². The highest BCUT2D eigenvalue weighted by atomic mass is 79.9. The summed E-state index contributed by atoms with van der Waals surface area (Å²) in [7, 11) is 1.000. The standard InChI is InChI=1S/C26H21BrF9N3O4/c1-42-21-7-15(20(27)9-19(21)26(34,35)36)13-39(23-37-10-18(11-38-23)43-4-2-3-22(40)41)12-14-5-16(24(28,29)30)8-17(6-14)25(31,32)33/h5-11H,2-4,12-13H2,1H3,(H,40,41). The summed E-state index contributed by atoms with van der Waals surface area (Å²) >= 11 is 3.04. The number of hydrogen-bond acceptors (Lipinski definition) is 6. The van der Waals surface area contributed by atoms with Crippen molar-refractivity contribution in [2.75, 3.05) is 18.6 Å². The number of benzene rings is 2. The fraction of sp³-hybridized carbons (Fsp3) is 0.346. The minimum Gasteiger partial charge on any atom is -0.496 e. The summed E-state index contributed by atoms with van der Waals surface area (Å²) in [4.78, 5) is 19.9. The Morgan fingerprint density at radius 3 is 1.95 bits per heavy atom. The first kappa shape index (κ1) is 33.7. The highest BCUT2D eigenvalue weighted by molar-refractivity contribution is 9.10. The molecule has 0 aliphatic rings. The number of carboxylic acid groups (broad SMARTS) is 1. The average Bonchev–Trinajstić information content (AvgIpc) is 2.90. The van der Waals surface area contributed by atoms with Gasteiger partial charge in [-0.15, -0.1) is 0 Å². The zero-order valence-corrected chi connectivity index (χ0v) is 23.5. The van der Waals surface area contributed by atoms with Crippen LogP contribution in [0, 0.1) is 0 Å². The number of carboxylic acids is 1. The Morgan fingerprint density at radius 1 is 0.884 bits per heavy atom. The molecule has 17 heteroatoms. The first-order chi connectivity index (χ1) is 19.9. The Bertz CT molecular complexity index is 1400. The molecule has 3 rings (SSSR count). The van der Waals surface area contributed by atoms with Crippen molar-refractivity contribution in [3.63, 3.8) is 0 Å². The summed E-state index contributed by atoms with van der Waals surface area (Å²) in [6.07, 6.45) is -12.7. The number of nitrogens with zero attached hydrogens (tertiary/aromatic N) is 3. The van der Waals surface area contributed by atoms with E-state index in [-0.39, 0.29) is 53.8 Å². The maximum Gasteiger partial charge on any atom is 0.420 e. The van der Waals surface area contributed by atoms with Gasteiger partial charge in [-0.05, 0) is 47.9 Å². The van der Waals surface area contributed by atoms with Gasteiger partial charge in [0, 0.05) is 24.0 Å². The highest BCUT2D eigenvalue weighted by Crippen LogP contribution is 2.40. The Kier molecular flexibility index (Phi) is 10.4. The Labute approximate surface area is 246 Å². The summed E-state index contributed by atoms with van der Waals surface area (Å²) in [5, 5.41) is 8.70. The number of carbonyl (C=O) groups is 1. The molecule has 0 unspecified atom stereocenters. The number of aromatic nitrogens is 2. The fourth-order valence-electron chi connectivity index (χ4n) is 3.80. The molecule has 0 amide bonds. The number of methoxy groups -OCH3 is 1. The Balaban J connectivity index is 2.04. The van der Waals surface area contributed by atoms with E-state index in [4.69, 9.17) is 14.6 Å². The van der Waals surface area contributed by atoms with Crippen LogP contribution >= 0.6 is 15.9 Å². The largest absolute Gasteiger partial charge is 0.496 e. The van der Waals surface area contributed by atoms with Crippen LogP contribution in [-0.2, 0) is 36.4 Å². The quantitative estimate of drug-likeness (QED) is 0.163. The van der Waals surface area contributed by atoms with Crippen molar-refractivity contribution in [1.82, 2.24) is 9.97 Å². The molecule has 1 N–H and O–H groups in total. The average molecular weight is 690 g/mol. The van der Waals surface area contributed by atoms with E-state index in [9.17, 15) is 44.3 Å². The molecule has 43 heavy (non-hydrogen) atoms. The molecule has 3 aromatic rings. The molecule has 0 saturated carbocycles. The number of rotatable bonds is 11. The smallest absolute Gasteiger partial charge is 0.420 e. The van der Waals surface area contributed by atoms with E-state index in [1.54, 1.807) is 0 Å². The second-order valence-electron chi connectivity index (χ2n) is 8.98. The molecule has 0 aliphatic heterocycles. The Morgan fingerprint density at radius 2 is 1.47 bits per heavy atom. The van der Waals surface area contributed by atoms with Crippen molar-refractivity contribution in [3.05, 3.63) is 75.0 Å². The summed E-state index contributed by atoms with van der Waals surface area (Å²) < 4.78 is 131. The van der Waals surface area contributed by atoms with Gasteiger partial charge in [-0.2, -0.15) is 39.5 Å². The molecule has 234 valence electrons. The van der Waals surface area contributed by atoms with E-state index in [1.165, 1.54) is 0 Å². The van der Waals surface area contributed by atoms with Crippen molar-refractivity contribution >= 4 is 27.8 Å². The van der Waals surface area contributed by atoms with Crippen LogP contribution in [0.4, 0.5) is 45.5 Å². The van der Waals surface area contributed by atoms with Crippen LogP contribution in [0.3, 0.4) is 0 Å². The van der Waals surface area contributed by atoms with Gasteiger partial charge in [0.25, 0.3) is 0 Å². The third-order valence-electron chi connectivity index (χ3n) is 5.76. The molecular weight excluding hydrogens is 669 g/mol.